The summed E-state index contributed by atoms with van der Waals surface area (Å²) in [5, 5.41) is 6.53. The lowest BCUT2D eigenvalue weighted by Gasteiger charge is -2.30. The summed E-state index contributed by atoms with van der Waals surface area (Å²) in [6.45, 7) is 3.11. The number of hydrogen-bond acceptors (Lipinski definition) is 5. The minimum absolute atomic E-state index is 0.0936. The molecule has 0 saturated carbocycles. The molecule has 1 amide bonds. The van der Waals surface area contributed by atoms with Gasteiger partial charge in [-0.25, -0.2) is 13.1 Å². The smallest absolute Gasteiger partial charge is 0.276 e. The maximum absolute atomic E-state index is 12.8. The monoisotopic (exact) mass is 390 g/mol. The van der Waals surface area contributed by atoms with Crippen molar-refractivity contribution < 1.29 is 13.2 Å². The molecule has 1 saturated heterocycles. The summed E-state index contributed by atoms with van der Waals surface area (Å²) in [6.07, 6.45) is 1.90. The van der Waals surface area contributed by atoms with Gasteiger partial charge < -0.3 is 5.32 Å². The van der Waals surface area contributed by atoms with Gasteiger partial charge in [-0.1, -0.05) is 6.92 Å². The molecule has 1 aromatic carbocycles. The van der Waals surface area contributed by atoms with E-state index in [1.54, 1.807) is 12.1 Å². The van der Waals surface area contributed by atoms with Crippen LogP contribution in [0.3, 0.4) is 0 Å². The molecule has 1 atom stereocenters. The second-order valence-corrected chi connectivity index (χ2v) is 8.71. The summed E-state index contributed by atoms with van der Waals surface area (Å²) >= 11 is 0. The number of nitrogens with one attached hydrogen (secondary N) is 1. The van der Waals surface area contributed by atoms with Crippen LogP contribution >= 0.6 is 0 Å². The van der Waals surface area contributed by atoms with E-state index in [2.05, 4.69) is 10.4 Å². The van der Waals surface area contributed by atoms with E-state index in [-0.39, 0.29) is 16.1 Å². The molecule has 144 valence electrons. The van der Waals surface area contributed by atoms with Crippen molar-refractivity contribution in [2.75, 3.05) is 18.4 Å². The molecule has 0 bridgehead atoms. The van der Waals surface area contributed by atoms with Crippen molar-refractivity contribution in [2.45, 2.75) is 24.7 Å². The lowest BCUT2D eigenvalue weighted by molar-refractivity contribution is 0.102. The normalized spacial score (nSPS) is 18.2. The van der Waals surface area contributed by atoms with Crippen molar-refractivity contribution in [3.05, 3.63) is 52.4 Å². The molecular weight excluding hydrogens is 368 g/mol. The number of benzene rings is 1. The van der Waals surface area contributed by atoms with Crippen molar-refractivity contribution in [2.24, 2.45) is 13.0 Å². The third kappa shape index (κ3) is 4.25. The highest BCUT2D eigenvalue weighted by molar-refractivity contribution is 7.89. The first-order chi connectivity index (χ1) is 12.8. The van der Waals surface area contributed by atoms with E-state index >= 15 is 0 Å². The van der Waals surface area contributed by atoms with E-state index < -0.39 is 15.9 Å². The molecule has 1 aliphatic heterocycles. The molecule has 2 heterocycles. The fourth-order valence-electron chi connectivity index (χ4n) is 3.04. The maximum atomic E-state index is 12.8. The van der Waals surface area contributed by atoms with E-state index in [9.17, 15) is 18.0 Å². The van der Waals surface area contributed by atoms with Gasteiger partial charge in [-0.2, -0.15) is 9.40 Å². The first kappa shape index (κ1) is 19.2. The van der Waals surface area contributed by atoms with Crippen molar-refractivity contribution in [1.29, 1.82) is 0 Å². The zero-order chi connectivity index (χ0) is 19.6. The Morgan fingerprint density at radius 2 is 1.89 bits per heavy atom. The third-order valence-corrected chi connectivity index (χ3v) is 6.44. The molecule has 8 nitrogen and oxygen atoms in total. The number of nitrogens with zero attached hydrogens (tertiary/aromatic N) is 3. The number of aromatic nitrogens is 2. The van der Waals surface area contributed by atoms with Gasteiger partial charge in [0.05, 0.1) is 4.90 Å². The first-order valence-corrected chi connectivity index (χ1v) is 10.2. The third-order valence-electron chi connectivity index (χ3n) is 4.56. The molecule has 1 unspecified atom stereocenters. The number of sulfonamides is 1. The average molecular weight is 390 g/mol. The fourth-order valence-corrected chi connectivity index (χ4v) is 4.64. The Morgan fingerprint density at radius 1 is 1.19 bits per heavy atom. The predicted molar refractivity (Wildman–Crippen MR) is 101 cm³/mol. The molecule has 0 aliphatic carbocycles. The fraction of sp³-hybridized carbons (Fsp3) is 0.389. The molecule has 3 rings (SSSR count). The lowest BCUT2D eigenvalue weighted by atomic mass is 10.0. The van der Waals surface area contributed by atoms with Gasteiger partial charge in [0.25, 0.3) is 11.5 Å². The van der Waals surface area contributed by atoms with Crippen LogP contribution in [0.4, 0.5) is 5.69 Å². The molecule has 0 radical (unpaired) electrons. The largest absolute Gasteiger partial charge is 0.321 e. The van der Waals surface area contributed by atoms with Crippen LogP contribution in [0.5, 0.6) is 0 Å². The van der Waals surface area contributed by atoms with Gasteiger partial charge in [-0.05, 0) is 49.1 Å². The molecule has 1 N–H and O–H groups in total. The van der Waals surface area contributed by atoms with E-state index in [0.717, 1.165) is 17.5 Å². The van der Waals surface area contributed by atoms with E-state index in [0.29, 0.717) is 24.7 Å². The molecular formula is C18H22N4O4S. The minimum Gasteiger partial charge on any atom is -0.321 e. The van der Waals surface area contributed by atoms with Crippen LogP contribution in [0, 0.1) is 5.92 Å². The van der Waals surface area contributed by atoms with Crippen LogP contribution < -0.4 is 10.9 Å². The summed E-state index contributed by atoms with van der Waals surface area (Å²) in [5.74, 6) is -0.132. The Kier molecular flexibility index (Phi) is 5.43. The number of carbonyl (C=O) groups excluding carboxylic acids is 1. The molecule has 1 fully saturated rings. The molecule has 1 aromatic heterocycles. The second kappa shape index (κ2) is 7.61. The number of carbonyl (C=O) groups is 1. The maximum Gasteiger partial charge on any atom is 0.276 e. The molecule has 9 heteroatoms. The first-order valence-electron chi connectivity index (χ1n) is 8.73. The Bertz CT molecular complexity index is 999. The molecule has 27 heavy (non-hydrogen) atoms. The van der Waals surface area contributed by atoms with Crippen molar-refractivity contribution in [1.82, 2.24) is 14.1 Å². The van der Waals surface area contributed by atoms with Crippen LogP contribution in [-0.4, -0.2) is 41.5 Å². The van der Waals surface area contributed by atoms with Crippen LogP contribution in [0.15, 0.2) is 46.1 Å². The van der Waals surface area contributed by atoms with Gasteiger partial charge in [-0.3, -0.25) is 9.59 Å². The van der Waals surface area contributed by atoms with Crippen molar-refractivity contribution in [3.63, 3.8) is 0 Å². The van der Waals surface area contributed by atoms with Gasteiger partial charge in [0.2, 0.25) is 10.0 Å². The Hall–Kier alpha value is -2.52. The van der Waals surface area contributed by atoms with Crippen molar-refractivity contribution in [3.8, 4) is 0 Å². The minimum atomic E-state index is -3.53. The summed E-state index contributed by atoms with van der Waals surface area (Å²) in [5.41, 5.74) is 0.228. The molecule has 0 spiro atoms. The van der Waals surface area contributed by atoms with Crippen LogP contribution in [-0.2, 0) is 17.1 Å². The van der Waals surface area contributed by atoms with Gasteiger partial charge in [0.15, 0.2) is 0 Å². The highest BCUT2D eigenvalue weighted by atomic mass is 32.2. The Labute approximate surface area is 157 Å². The lowest BCUT2D eigenvalue weighted by Crippen LogP contribution is -2.39. The van der Waals surface area contributed by atoms with E-state index in [1.807, 2.05) is 6.92 Å². The zero-order valence-electron chi connectivity index (χ0n) is 15.3. The Balaban J connectivity index is 1.74. The number of hydrogen-bond donors (Lipinski definition) is 1. The van der Waals surface area contributed by atoms with Crippen molar-refractivity contribution >= 4 is 21.6 Å². The second-order valence-electron chi connectivity index (χ2n) is 6.77. The SMILES string of the molecule is CC1CCCN(S(=O)(=O)c2ccc(NC(=O)c3ccc(=O)n(C)n3)cc2)C1. The number of anilines is 1. The number of aryl methyl sites for hydroxylation is 1. The summed E-state index contributed by atoms with van der Waals surface area (Å²) in [6, 6.07) is 8.66. The summed E-state index contributed by atoms with van der Waals surface area (Å²) < 4.78 is 28.1. The summed E-state index contributed by atoms with van der Waals surface area (Å²) in [4.78, 5) is 23.8. The topological polar surface area (TPSA) is 101 Å². The van der Waals surface area contributed by atoms with Crippen LogP contribution in [0.1, 0.15) is 30.3 Å². The molecule has 2 aromatic rings. The van der Waals surface area contributed by atoms with Gasteiger partial charge in [0, 0.05) is 31.9 Å². The number of rotatable bonds is 4. The predicted octanol–water partition coefficient (Wildman–Crippen LogP) is 1.45. The van der Waals surface area contributed by atoms with Gasteiger partial charge >= 0.3 is 0 Å². The van der Waals surface area contributed by atoms with Crippen LogP contribution in [0.2, 0.25) is 0 Å². The zero-order valence-corrected chi connectivity index (χ0v) is 16.1. The summed E-state index contributed by atoms with van der Waals surface area (Å²) in [7, 11) is -2.07. The average Bonchev–Trinajstić information content (AvgIpc) is 2.64. The highest BCUT2D eigenvalue weighted by Crippen LogP contribution is 2.24. The number of piperidine rings is 1. The standard InChI is InChI=1S/C18H22N4O4S/c1-13-4-3-11-22(12-13)27(25,26)15-7-5-14(6-8-15)19-18(24)16-9-10-17(23)21(2)20-16/h5-10,13H,3-4,11-12H2,1-2H3,(H,19,24). The van der Waals surface area contributed by atoms with Gasteiger partial charge in [-0.15, -0.1) is 0 Å². The van der Waals surface area contributed by atoms with E-state index in [4.69, 9.17) is 0 Å². The van der Waals surface area contributed by atoms with Gasteiger partial charge in [0.1, 0.15) is 5.69 Å². The quantitative estimate of drug-likeness (QED) is 0.851. The number of amides is 1. The highest BCUT2D eigenvalue weighted by Gasteiger charge is 2.28. The molecule has 1 aliphatic rings. The Morgan fingerprint density at radius 3 is 2.52 bits per heavy atom. The van der Waals surface area contributed by atoms with E-state index in [1.165, 1.54) is 35.6 Å². The van der Waals surface area contributed by atoms with Crippen LogP contribution in [0.25, 0.3) is 0 Å².